The molecule has 3 aromatic rings. The molecule has 0 aliphatic carbocycles. The second-order valence-corrected chi connectivity index (χ2v) is 7.05. The van der Waals surface area contributed by atoms with Crippen LogP contribution in [0.4, 0.5) is 11.4 Å². The van der Waals surface area contributed by atoms with Crippen LogP contribution in [0.25, 0.3) is 11.0 Å². The highest BCUT2D eigenvalue weighted by Crippen LogP contribution is 2.33. The van der Waals surface area contributed by atoms with Crippen LogP contribution in [-0.4, -0.2) is 48.8 Å². The number of allylic oxidation sites excluding steroid dienone is 1. The molecule has 0 unspecified atom stereocenters. The molecule has 0 radical (unpaired) electrons. The lowest BCUT2D eigenvalue weighted by Gasteiger charge is -2.10. The summed E-state index contributed by atoms with van der Waals surface area (Å²) >= 11 is 0. The van der Waals surface area contributed by atoms with Gasteiger partial charge in [0.15, 0.2) is 11.5 Å². The molecule has 31 heavy (non-hydrogen) atoms. The fraction of sp³-hybridized carbons (Fsp3) is 0.318. The van der Waals surface area contributed by atoms with E-state index < -0.39 is 11.9 Å². The van der Waals surface area contributed by atoms with Gasteiger partial charge in [0.05, 0.1) is 37.6 Å². The first-order valence-electron chi connectivity index (χ1n) is 9.77. The van der Waals surface area contributed by atoms with Crippen molar-refractivity contribution in [2.75, 3.05) is 38.0 Å². The largest absolute Gasteiger partial charge is 0.464 e. The summed E-state index contributed by atoms with van der Waals surface area (Å²) in [7, 11) is 2.86. The van der Waals surface area contributed by atoms with E-state index in [0.717, 1.165) is 5.69 Å². The number of nitrogens with zero attached hydrogens (tertiary/aromatic N) is 2. The predicted octanol–water partition coefficient (Wildman–Crippen LogP) is 3.69. The minimum atomic E-state index is -0.595. The predicted molar refractivity (Wildman–Crippen MR) is 118 cm³/mol. The molecule has 9 heteroatoms. The van der Waals surface area contributed by atoms with Crippen molar-refractivity contribution < 1.29 is 23.5 Å². The molecule has 0 bridgehead atoms. The van der Waals surface area contributed by atoms with Crippen LogP contribution in [0, 0.1) is 0 Å². The number of furan rings is 1. The van der Waals surface area contributed by atoms with E-state index >= 15 is 0 Å². The Kier molecular flexibility index (Phi) is 7.09. The van der Waals surface area contributed by atoms with Gasteiger partial charge in [-0.05, 0) is 32.0 Å². The maximum absolute atomic E-state index is 12.7. The zero-order valence-corrected chi connectivity index (χ0v) is 18.0. The highest BCUT2D eigenvalue weighted by Gasteiger charge is 2.26. The summed E-state index contributed by atoms with van der Waals surface area (Å²) in [4.78, 5) is 29.9. The lowest BCUT2D eigenvalue weighted by molar-refractivity contribution is 0.0588. The Morgan fingerprint density at radius 1 is 1.29 bits per heavy atom. The van der Waals surface area contributed by atoms with Crippen LogP contribution in [0.3, 0.4) is 0 Å². The second kappa shape index (κ2) is 9.94. The summed E-state index contributed by atoms with van der Waals surface area (Å²) in [5, 5.41) is 6.66. The number of hydrogen-bond donors (Lipinski definition) is 2. The van der Waals surface area contributed by atoms with E-state index in [4.69, 9.17) is 13.9 Å². The minimum Gasteiger partial charge on any atom is -0.464 e. The van der Waals surface area contributed by atoms with E-state index in [9.17, 15) is 9.59 Å². The third-order valence-corrected chi connectivity index (χ3v) is 4.60. The molecule has 0 aliphatic heterocycles. The third kappa shape index (κ3) is 4.95. The van der Waals surface area contributed by atoms with Crippen LogP contribution in [-0.2, 0) is 16.0 Å². The number of hydrogen-bond acceptors (Lipinski definition) is 7. The molecule has 0 aliphatic rings. The zero-order chi connectivity index (χ0) is 22.4. The van der Waals surface area contributed by atoms with Crippen LogP contribution in [0.15, 0.2) is 46.7 Å². The summed E-state index contributed by atoms with van der Waals surface area (Å²) < 4.78 is 17.1. The second-order valence-electron chi connectivity index (χ2n) is 7.05. The molecule has 0 atom stereocenters. The summed E-state index contributed by atoms with van der Waals surface area (Å²) in [5.74, 6) is -0.953. The quantitative estimate of drug-likeness (QED) is 0.397. The maximum Gasteiger partial charge on any atom is 0.356 e. The Morgan fingerprint density at radius 2 is 2.10 bits per heavy atom. The number of esters is 1. The van der Waals surface area contributed by atoms with Crippen molar-refractivity contribution in [3.63, 3.8) is 0 Å². The highest BCUT2D eigenvalue weighted by atomic mass is 16.5. The van der Waals surface area contributed by atoms with Gasteiger partial charge in [-0.15, -0.1) is 0 Å². The van der Waals surface area contributed by atoms with Crippen LogP contribution in [0.2, 0.25) is 0 Å². The number of aromatic nitrogens is 2. The smallest absolute Gasteiger partial charge is 0.356 e. The van der Waals surface area contributed by atoms with E-state index in [2.05, 4.69) is 15.6 Å². The van der Waals surface area contributed by atoms with Crippen molar-refractivity contribution in [1.29, 1.82) is 0 Å². The van der Waals surface area contributed by atoms with Gasteiger partial charge < -0.3 is 29.1 Å². The molecular weight excluding hydrogens is 400 g/mol. The molecule has 9 nitrogen and oxygen atoms in total. The Morgan fingerprint density at radius 3 is 2.74 bits per heavy atom. The SMILES string of the molecule is COCCn1c(C(=O)OC)c(NC(=O)c2ccco2)c2cc(NCC=C(C)C)cnc21. The standard InChI is InChI=1S/C22H26N4O5/c1-14(2)7-8-23-15-12-16-18(25-21(27)17-6-5-10-31-17)19(22(28)30-4)26(9-11-29-3)20(16)24-13-15/h5-7,10,12-13,23H,8-9,11H2,1-4H3,(H,25,27). The Labute approximate surface area is 180 Å². The number of carbonyl (C=O) groups excluding carboxylic acids is 2. The molecule has 164 valence electrons. The molecule has 3 rings (SSSR count). The van der Waals surface area contributed by atoms with Gasteiger partial charge >= 0.3 is 5.97 Å². The Bertz CT molecular complexity index is 1100. The number of amides is 1. The van der Waals surface area contributed by atoms with Gasteiger partial charge in [-0.25, -0.2) is 9.78 Å². The summed E-state index contributed by atoms with van der Waals surface area (Å²) in [6.45, 7) is 5.36. The molecule has 0 spiro atoms. The minimum absolute atomic E-state index is 0.124. The van der Waals surface area contributed by atoms with Gasteiger partial charge in [-0.3, -0.25) is 4.79 Å². The molecule has 0 saturated carbocycles. The molecule has 0 saturated heterocycles. The van der Waals surface area contributed by atoms with Gasteiger partial charge in [-0.2, -0.15) is 0 Å². The van der Waals surface area contributed by atoms with E-state index in [1.807, 2.05) is 26.0 Å². The average Bonchev–Trinajstić information content (AvgIpc) is 3.38. The molecule has 3 aromatic heterocycles. The summed E-state index contributed by atoms with van der Waals surface area (Å²) in [5.41, 5.74) is 2.95. The number of anilines is 2. The summed E-state index contributed by atoms with van der Waals surface area (Å²) in [6, 6.07) is 5.00. The van der Waals surface area contributed by atoms with Crippen LogP contribution in [0.1, 0.15) is 34.9 Å². The van der Waals surface area contributed by atoms with Gasteiger partial charge in [-0.1, -0.05) is 11.6 Å². The normalized spacial score (nSPS) is 10.7. The lowest BCUT2D eigenvalue weighted by atomic mass is 10.2. The zero-order valence-electron chi connectivity index (χ0n) is 18.0. The van der Waals surface area contributed by atoms with Crippen LogP contribution in [0.5, 0.6) is 0 Å². The number of pyridine rings is 1. The van der Waals surface area contributed by atoms with Crippen LogP contribution < -0.4 is 10.6 Å². The first kappa shape index (κ1) is 22.1. The van der Waals surface area contributed by atoms with Crippen molar-refractivity contribution in [2.45, 2.75) is 20.4 Å². The molecular formula is C22H26N4O5. The molecule has 1 amide bonds. The maximum atomic E-state index is 12.7. The van der Waals surface area contributed by atoms with Gasteiger partial charge in [0, 0.05) is 25.6 Å². The molecule has 3 heterocycles. The average molecular weight is 426 g/mol. The number of ether oxygens (including phenoxy) is 2. The number of carbonyl (C=O) groups is 2. The number of rotatable bonds is 9. The first-order chi connectivity index (χ1) is 15.0. The van der Waals surface area contributed by atoms with E-state index in [1.54, 1.807) is 30.0 Å². The first-order valence-corrected chi connectivity index (χ1v) is 9.77. The molecule has 2 N–H and O–H groups in total. The summed E-state index contributed by atoms with van der Waals surface area (Å²) in [6.07, 6.45) is 5.14. The number of methoxy groups -OCH3 is 2. The van der Waals surface area contributed by atoms with E-state index in [0.29, 0.717) is 36.4 Å². The van der Waals surface area contributed by atoms with Gasteiger partial charge in [0.25, 0.3) is 5.91 Å². The monoisotopic (exact) mass is 426 g/mol. The molecule has 0 aromatic carbocycles. The third-order valence-electron chi connectivity index (χ3n) is 4.60. The van der Waals surface area contributed by atoms with Crippen molar-refractivity contribution in [2.24, 2.45) is 0 Å². The van der Waals surface area contributed by atoms with Crippen molar-refractivity contribution in [3.05, 3.63) is 53.8 Å². The molecule has 0 fully saturated rings. The topological polar surface area (TPSA) is 108 Å². The van der Waals surface area contributed by atoms with Crippen molar-refractivity contribution >= 4 is 34.3 Å². The Balaban J connectivity index is 2.12. The number of fused-ring (bicyclic) bond motifs is 1. The Hall–Kier alpha value is -3.59. The van der Waals surface area contributed by atoms with E-state index in [1.165, 1.54) is 18.9 Å². The van der Waals surface area contributed by atoms with Crippen LogP contribution >= 0.6 is 0 Å². The van der Waals surface area contributed by atoms with Crippen molar-refractivity contribution in [3.8, 4) is 0 Å². The van der Waals surface area contributed by atoms with Crippen molar-refractivity contribution in [1.82, 2.24) is 9.55 Å². The number of nitrogens with one attached hydrogen (secondary N) is 2. The van der Waals surface area contributed by atoms with Gasteiger partial charge in [0.1, 0.15) is 5.65 Å². The van der Waals surface area contributed by atoms with E-state index in [-0.39, 0.29) is 11.5 Å². The fourth-order valence-electron chi connectivity index (χ4n) is 3.11. The van der Waals surface area contributed by atoms with Gasteiger partial charge in [0.2, 0.25) is 0 Å². The highest BCUT2D eigenvalue weighted by molar-refractivity contribution is 6.14. The lowest BCUT2D eigenvalue weighted by Crippen LogP contribution is -2.18. The fourth-order valence-corrected chi connectivity index (χ4v) is 3.11.